The molecule has 0 bridgehead atoms. The zero-order valence-corrected chi connectivity index (χ0v) is 13.4. The number of hydrogen-bond acceptors (Lipinski definition) is 3. The average Bonchev–Trinajstić information content (AvgIpc) is 2.93. The van der Waals surface area contributed by atoms with E-state index in [-0.39, 0.29) is 17.4 Å². The Morgan fingerprint density at radius 2 is 2.13 bits per heavy atom. The molecule has 6 nitrogen and oxygen atoms in total. The number of carbonyl (C=O) groups is 2. The lowest BCUT2D eigenvalue weighted by molar-refractivity contribution is 0.0684. The highest BCUT2D eigenvalue weighted by atomic mass is 35.5. The predicted octanol–water partition coefficient (Wildman–Crippen LogP) is 2.85. The molecule has 0 saturated carbocycles. The first kappa shape index (κ1) is 15.6. The molecule has 0 unspecified atom stereocenters. The van der Waals surface area contributed by atoms with E-state index in [2.05, 4.69) is 4.98 Å². The minimum atomic E-state index is -1.08. The molecule has 1 aliphatic heterocycles. The number of hydrogen-bond donors (Lipinski definition) is 1. The number of benzene rings is 1. The quantitative estimate of drug-likeness (QED) is 0.937. The number of aryl methyl sites for hydroxylation is 1. The van der Waals surface area contributed by atoms with Crippen molar-refractivity contribution in [1.29, 1.82) is 0 Å². The van der Waals surface area contributed by atoms with E-state index in [0.717, 1.165) is 25.1 Å². The monoisotopic (exact) mass is 333 g/mol. The summed E-state index contributed by atoms with van der Waals surface area (Å²) in [5, 5.41) is 9.99. The Morgan fingerprint density at radius 1 is 1.35 bits per heavy atom. The molecule has 1 aromatic carbocycles. The van der Waals surface area contributed by atoms with Gasteiger partial charge >= 0.3 is 5.97 Å². The van der Waals surface area contributed by atoms with Crippen LogP contribution in [-0.4, -0.2) is 33.6 Å². The van der Waals surface area contributed by atoms with Crippen LogP contribution in [0.1, 0.15) is 39.5 Å². The van der Waals surface area contributed by atoms with Crippen molar-refractivity contribution in [3.05, 3.63) is 46.4 Å². The Kier molecular flexibility index (Phi) is 4.09. The summed E-state index contributed by atoms with van der Waals surface area (Å²) < 4.78 is 1.70. The van der Waals surface area contributed by atoms with Crippen LogP contribution in [0, 0.1) is 0 Å². The first-order chi connectivity index (χ1) is 11.0. The highest BCUT2D eigenvalue weighted by molar-refractivity contribution is 6.31. The summed E-state index contributed by atoms with van der Waals surface area (Å²) in [5.41, 5.74) is 0.458. The molecule has 120 valence electrons. The van der Waals surface area contributed by atoms with Gasteiger partial charge in [-0.2, -0.15) is 0 Å². The molecule has 23 heavy (non-hydrogen) atoms. The molecule has 3 rings (SSSR count). The number of fused-ring (bicyclic) bond motifs is 1. The molecule has 0 aliphatic carbocycles. The smallest absolute Gasteiger partial charge is 0.356 e. The van der Waals surface area contributed by atoms with Crippen molar-refractivity contribution in [2.75, 3.05) is 11.9 Å². The maximum absolute atomic E-state index is 12.6. The number of carboxylic acids is 1. The van der Waals surface area contributed by atoms with Gasteiger partial charge in [0, 0.05) is 30.6 Å². The summed E-state index contributed by atoms with van der Waals surface area (Å²) >= 11 is 5.92. The third-order valence-corrected chi connectivity index (χ3v) is 4.19. The lowest BCUT2D eigenvalue weighted by atomic mass is 10.1. The van der Waals surface area contributed by atoms with E-state index in [1.54, 1.807) is 28.8 Å². The van der Waals surface area contributed by atoms with Gasteiger partial charge in [0.15, 0.2) is 11.5 Å². The second kappa shape index (κ2) is 6.04. The number of imidazole rings is 1. The minimum Gasteiger partial charge on any atom is -0.476 e. The van der Waals surface area contributed by atoms with E-state index in [1.165, 1.54) is 11.9 Å². The third-order valence-electron chi connectivity index (χ3n) is 3.96. The van der Waals surface area contributed by atoms with Crippen molar-refractivity contribution in [2.45, 2.75) is 25.8 Å². The van der Waals surface area contributed by atoms with Crippen molar-refractivity contribution < 1.29 is 14.7 Å². The van der Waals surface area contributed by atoms with E-state index in [9.17, 15) is 14.7 Å². The molecule has 1 amide bonds. The molecular weight excluding hydrogens is 318 g/mol. The van der Waals surface area contributed by atoms with Crippen LogP contribution in [0.5, 0.6) is 0 Å². The third kappa shape index (κ3) is 2.82. The molecule has 7 heteroatoms. The van der Waals surface area contributed by atoms with Crippen LogP contribution in [-0.2, 0) is 13.0 Å². The summed E-state index contributed by atoms with van der Waals surface area (Å²) in [5.74, 6) is -0.523. The average molecular weight is 334 g/mol. The van der Waals surface area contributed by atoms with E-state index in [1.807, 2.05) is 0 Å². The number of aromatic carboxylic acids is 1. The predicted molar refractivity (Wildman–Crippen MR) is 86.3 cm³/mol. The first-order valence-corrected chi connectivity index (χ1v) is 7.73. The SMILES string of the molecule is CN(C(=O)c1cccc(Cl)c1)c1nc2n(c1C(=O)O)CCCC2. The molecule has 1 aromatic heterocycles. The molecular formula is C16H16ClN3O3. The second-order valence-electron chi connectivity index (χ2n) is 5.49. The number of amides is 1. The molecule has 0 fully saturated rings. The molecule has 2 heterocycles. The number of aromatic nitrogens is 2. The van der Waals surface area contributed by atoms with Crippen LogP contribution >= 0.6 is 11.6 Å². The molecule has 2 aromatic rings. The van der Waals surface area contributed by atoms with E-state index < -0.39 is 5.97 Å². The highest BCUT2D eigenvalue weighted by Crippen LogP contribution is 2.26. The maximum atomic E-state index is 12.6. The van der Waals surface area contributed by atoms with Gasteiger partial charge in [0.05, 0.1) is 0 Å². The van der Waals surface area contributed by atoms with Gasteiger partial charge in [-0.3, -0.25) is 9.69 Å². The first-order valence-electron chi connectivity index (χ1n) is 7.35. The van der Waals surface area contributed by atoms with Gasteiger partial charge in [0.1, 0.15) is 5.82 Å². The standard InChI is InChI=1S/C16H16ClN3O3/c1-19(15(21)10-5-4-6-11(17)9-10)14-13(16(22)23)20-8-3-2-7-12(20)18-14/h4-6,9H,2-3,7-8H2,1H3,(H,22,23). The zero-order chi connectivity index (χ0) is 16.6. The summed E-state index contributed by atoms with van der Waals surface area (Å²) in [6.45, 7) is 0.614. The molecule has 1 aliphatic rings. The Morgan fingerprint density at radius 3 is 2.83 bits per heavy atom. The van der Waals surface area contributed by atoms with E-state index in [4.69, 9.17) is 11.6 Å². The number of carboxylic acid groups (broad SMARTS) is 1. The highest BCUT2D eigenvalue weighted by Gasteiger charge is 2.29. The van der Waals surface area contributed by atoms with Crippen LogP contribution in [0.4, 0.5) is 5.82 Å². The van der Waals surface area contributed by atoms with Gasteiger partial charge in [-0.05, 0) is 31.0 Å². The summed E-state index contributed by atoms with van der Waals surface area (Å²) in [4.78, 5) is 29.9. The second-order valence-corrected chi connectivity index (χ2v) is 5.93. The van der Waals surface area contributed by atoms with Gasteiger partial charge in [-0.25, -0.2) is 9.78 Å². The largest absolute Gasteiger partial charge is 0.476 e. The maximum Gasteiger partial charge on any atom is 0.356 e. The topological polar surface area (TPSA) is 75.4 Å². The number of carbonyl (C=O) groups excluding carboxylic acids is 1. The molecule has 0 spiro atoms. The van der Waals surface area contributed by atoms with Crippen molar-refractivity contribution >= 4 is 29.3 Å². The number of anilines is 1. The molecule has 0 saturated heterocycles. The lowest BCUT2D eigenvalue weighted by Crippen LogP contribution is -2.28. The van der Waals surface area contributed by atoms with E-state index >= 15 is 0 Å². The number of halogens is 1. The van der Waals surface area contributed by atoms with E-state index in [0.29, 0.717) is 17.1 Å². The van der Waals surface area contributed by atoms with Crippen LogP contribution in [0.3, 0.4) is 0 Å². The van der Waals surface area contributed by atoms with Gasteiger partial charge in [-0.15, -0.1) is 0 Å². The lowest BCUT2D eigenvalue weighted by Gasteiger charge is -2.17. The normalized spacial score (nSPS) is 13.5. The Balaban J connectivity index is 2.02. The fourth-order valence-corrected chi connectivity index (χ4v) is 3.02. The van der Waals surface area contributed by atoms with Crippen LogP contribution in [0.25, 0.3) is 0 Å². The molecule has 1 N–H and O–H groups in total. The minimum absolute atomic E-state index is 0.0672. The molecule has 0 radical (unpaired) electrons. The fourth-order valence-electron chi connectivity index (χ4n) is 2.83. The van der Waals surface area contributed by atoms with Crippen LogP contribution in [0.2, 0.25) is 5.02 Å². The Bertz CT molecular complexity index is 785. The van der Waals surface area contributed by atoms with Gasteiger partial charge in [0.25, 0.3) is 5.91 Å². The van der Waals surface area contributed by atoms with Gasteiger partial charge in [-0.1, -0.05) is 17.7 Å². The van der Waals surface area contributed by atoms with Crippen LogP contribution in [0.15, 0.2) is 24.3 Å². The molecule has 0 atom stereocenters. The number of nitrogens with zero attached hydrogens (tertiary/aromatic N) is 3. The number of rotatable bonds is 3. The Hall–Kier alpha value is -2.34. The zero-order valence-electron chi connectivity index (χ0n) is 12.6. The summed E-state index contributed by atoms with van der Waals surface area (Å²) in [7, 11) is 1.53. The summed E-state index contributed by atoms with van der Waals surface area (Å²) in [6.07, 6.45) is 2.61. The van der Waals surface area contributed by atoms with Crippen molar-refractivity contribution in [1.82, 2.24) is 9.55 Å². The van der Waals surface area contributed by atoms with Gasteiger partial charge in [0.2, 0.25) is 0 Å². The van der Waals surface area contributed by atoms with Gasteiger partial charge < -0.3 is 9.67 Å². The Labute approximate surface area is 138 Å². The van der Waals surface area contributed by atoms with Crippen molar-refractivity contribution in [3.63, 3.8) is 0 Å². The van der Waals surface area contributed by atoms with Crippen molar-refractivity contribution in [3.8, 4) is 0 Å². The summed E-state index contributed by atoms with van der Waals surface area (Å²) in [6, 6.07) is 6.55. The van der Waals surface area contributed by atoms with Crippen LogP contribution < -0.4 is 4.90 Å². The fraction of sp³-hybridized carbons (Fsp3) is 0.312. The van der Waals surface area contributed by atoms with Crippen molar-refractivity contribution in [2.24, 2.45) is 0 Å².